The van der Waals surface area contributed by atoms with Crippen LogP contribution in [0.2, 0.25) is 0 Å². The van der Waals surface area contributed by atoms with E-state index in [9.17, 15) is 4.79 Å². The van der Waals surface area contributed by atoms with Crippen LogP contribution in [0.3, 0.4) is 0 Å². The number of nitrogens with one attached hydrogen (secondary N) is 1. The van der Waals surface area contributed by atoms with Gasteiger partial charge in [0.1, 0.15) is 5.54 Å². The van der Waals surface area contributed by atoms with Gasteiger partial charge in [0.05, 0.1) is 6.61 Å². The number of nitrogens with zero attached hydrogens (tertiary/aromatic N) is 2. The number of piperidine rings is 1. The van der Waals surface area contributed by atoms with Crippen molar-refractivity contribution >= 4 is 5.97 Å². The fourth-order valence-corrected chi connectivity index (χ4v) is 2.56. The van der Waals surface area contributed by atoms with Crippen LogP contribution in [0.15, 0.2) is 0 Å². The zero-order valence-corrected chi connectivity index (χ0v) is 13.0. The van der Waals surface area contributed by atoms with Gasteiger partial charge in [0.15, 0.2) is 0 Å². The van der Waals surface area contributed by atoms with E-state index >= 15 is 0 Å². The molecule has 1 rings (SSSR count). The predicted octanol–water partition coefficient (Wildman–Crippen LogP) is 0.554. The molecule has 0 aromatic carbocycles. The highest BCUT2D eigenvalue weighted by Crippen LogP contribution is 2.27. The van der Waals surface area contributed by atoms with Crippen molar-refractivity contribution in [3.05, 3.63) is 0 Å². The van der Waals surface area contributed by atoms with Crippen molar-refractivity contribution in [1.82, 2.24) is 15.1 Å². The fraction of sp³-hybridized carbons (Fsp3) is 0.929. The van der Waals surface area contributed by atoms with E-state index < -0.39 is 5.54 Å². The lowest BCUT2D eigenvalue weighted by atomic mass is 9.83. The Kier molecular flexibility index (Phi) is 6.23. The van der Waals surface area contributed by atoms with Gasteiger partial charge >= 0.3 is 5.97 Å². The summed E-state index contributed by atoms with van der Waals surface area (Å²) in [5.74, 6) is -0.0892. The van der Waals surface area contributed by atoms with Crippen molar-refractivity contribution in [2.45, 2.75) is 38.3 Å². The van der Waals surface area contributed by atoms with Crippen molar-refractivity contribution in [2.75, 3.05) is 47.4 Å². The topological polar surface area (TPSA) is 44.8 Å². The Labute approximate surface area is 117 Å². The molecule has 2 atom stereocenters. The van der Waals surface area contributed by atoms with Crippen molar-refractivity contribution in [1.29, 1.82) is 0 Å². The number of hydrogen-bond acceptors (Lipinski definition) is 5. The number of carbonyl (C=O) groups is 1. The highest BCUT2D eigenvalue weighted by atomic mass is 16.5. The Morgan fingerprint density at radius 2 is 2.21 bits per heavy atom. The third-order valence-corrected chi connectivity index (χ3v) is 3.98. The molecular formula is C14H29N3O2. The summed E-state index contributed by atoms with van der Waals surface area (Å²) in [4.78, 5) is 16.7. The van der Waals surface area contributed by atoms with E-state index in [1.54, 1.807) is 0 Å². The Balaban J connectivity index is 2.70. The highest BCUT2D eigenvalue weighted by Gasteiger charge is 2.44. The van der Waals surface area contributed by atoms with Crippen LogP contribution in [0, 0.1) is 0 Å². The zero-order chi connectivity index (χ0) is 14.5. The lowest BCUT2D eigenvalue weighted by molar-refractivity contribution is -0.154. The van der Waals surface area contributed by atoms with Crippen LogP contribution in [-0.4, -0.2) is 74.7 Å². The van der Waals surface area contributed by atoms with Gasteiger partial charge in [-0.3, -0.25) is 4.79 Å². The standard InChI is InChI=1S/C14H29N3O2/c1-6-19-13(18)14(15-8-10-16(3)4)7-9-17(5)12(2)11-14/h12,15H,6-11H2,1-5H3. The highest BCUT2D eigenvalue weighted by molar-refractivity contribution is 5.81. The molecule has 1 heterocycles. The van der Waals surface area contributed by atoms with Gasteiger partial charge in [-0.2, -0.15) is 0 Å². The predicted molar refractivity (Wildman–Crippen MR) is 77.2 cm³/mol. The average molecular weight is 271 g/mol. The molecule has 1 saturated heterocycles. The molecule has 5 nitrogen and oxygen atoms in total. The Morgan fingerprint density at radius 3 is 2.74 bits per heavy atom. The van der Waals surface area contributed by atoms with Crippen molar-refractivity contribution in [2.24, 2.45) is 0 Å². The molecule has 0 bridgehead atoms. The molecule has 0 aromatic heterocycles. The number of likely N-dealkylation sites (tertiary alicyclic amines) is 1. The average Bonchev–Trinajstić information content (AvgIpc) is 2.33. The molecule has 2 unspecified atom stereocenters. The van der Waals surface area contributed by atoms with Crippen molar-refractivity contribution in [3.63, 3.8) is 0 Å². The summed E-state index contributed by atoms with van der Waals surface area (Å²) in [6, 6.07) is 0.394. The summed E-state index contributed by atoms with van der Waals surface area (Å²) >= 11 is 0. The lowest BCUT2D eigenvalue weighted by Gasteiger charge is -2.43. The van der Waals surface area contributed by atoms with Gasteiger partial charge in [-0.15, -0.1) is 0 Å². The van der Waals surface area contributed by atoms with Crippen LogP contribution >= 0.6 is 0 Å². The summed E-state index contributed by atoms with van der Waals surface area (Å²) in [5, 5.41) is 3.46. The maximum absolute atomic E-state index is 12.3. The number of rotatable bonds is 6. The molecule has 112 valence electrons. The molecule has 1 fully saturated rings. The van der Waals surface area contributed by atoms with Crippen molar-refractivity contribution < 1.29 is 9.53 Å². The number of carbonyl (C=O) groups excluding carboxylic acids is 1. The first-order valence-electron chi connectivity index (χ1n) is 7.18. The van der Waals surface area contributed by atoms with Gasteiger partial charge < -0.3 is 19.9 Å². The van der Waals surface area contributed by atoms with Crippen LogP contribution in [0.5, 0.6) is 0 Å². The Hall–Kier alpha value is -0.650. The summed E-state index contributed by atoms with van der Waals surface area (Å²) in [6.07, 6.45) is 1.63. The van der Waals surface area contributed by atoms with E-state index in [0.717, 1.165) is 32.5 Å². The molecule has 0 amide bonds. The molecule has 0 saturated carbocycles. The smallest absolute Gasteiger partial charge is 0.326 e. The molecule has 5 heteroatoms. The van der Waals surface area contributed by atoms with Gasteiger partial charge in [-0.05, 0) is 47.8 Å². The zero-order valence-electron chi connectivity index (χ0n) is 13.0. The molecule has 0 aliphatic carbocycles. The first-order valence-corrected chi connectivity index (χ1v) is 7.18. The second-order valence-corrected chi connectivity index (χ2v) is 5.82. The molecule has 0 spiro atoms. The fourth-order valence-electron chi connectivity index (χ4n) is 2.56. The molecule has 1 aliphatic heterocycles. The third-order valence-electron chi connectivity index (χ3n) is 3.98. The van der Waals surface area contributed by atoms with Gasteiger partial charge in [-0.1, -0.05) is 0 Å². The van der Waals surface area contributed by atoms with E-state index in [4.69, 9.17) is 4.74 Å². The number of likely N-dealkylation sites (N-methyl/N-ethyl adjacent to an activating group) is 1. The maximum atomic E-state index is 12.3. The van der Waals surface area contributed by atoms with Gasteiger partial charge in [0.25, 0.3) is 0 Å². The summed E-state index contributed by atoms with van der Waals surface area (Å²) in [7, 11) is 6.19. The van der Waals surface area contributed by atoms with E-state index in [-0.39, 0.29) is 5.97 Å². The van der Waals surface area contributed by atoms with E-state index in [1.807, 2.05) is 21.0 Å². The van der Waals surface area contributed by atoms with E-state index in [0.29, 0.717) is 12.6 Å². The van der Waals surface area contributed by atoms with Crippen LogP contribution in [0.25, 0.3) is 0 Å². The van der Waals surface area contributed by atoms with Crippen LogP contribution in [0.1, 0.15) is 26.7 Å². The number of hydrogen-bond donors (Lipinski definition) is 1. The summed E-state index contributed by atoms with van der Waals surface area (Å²) in [5.41, 5.74) is -0.502. The quantitative estimate of drug-likeness (QED) is 0.715. The molecule has 1 aliphatic rings. The molecule has 19 heavy (non-hydrogen) atoms. The normalized spacial score (nSPS) is 28.6. The van der Waals surface area contributed by atoms with Crippen LogP contribution < -0.4 is 5.32 Å². The summed E-state index contributed by atoms with van der Waals surface area (Å²) < 4.78 is 5.29. The summed E-state index contributed by atoms with van der Waals surface area (Å²) in [6.45, 7) is 7.13. The molecule has 0 aromatic rings. The molecule has 1 N–H and O–H groups in total. The van der Waals surface area contributed by atoms with E-state index in [2.05, 4.69) is 29.1 Å². The van der Waals surface area contributed by atoms with Gasteiger partial charge in [-0.25, -0.2) is 0 Å². The first-order chi connectivity index (χ1) is 8.91. The largest absolute Gasteiger partial charge is 0.465 e. The van der Waals surface area contributed by atoms with Crippen LogP contribution in [-0.2, 0) is 9.53 Å². The second kappa shape index (κ2) is 7.22. The third kappa shape index (κ3) is 4.44. The first kappa shape index (κ1) is 16.4. The Bertz CT molecular complexity index is 296. The van der Waals surface area contributed by atoms with Crippen LogP contribution in [0.4, 0.5) is 0 Å². The number of ether oxygens (including phenoxy) is 1. The van der Waals surface area contributed by atoms with Gasteiger partial charge in [0.2, 0.25) is 0 Å². The SMILES string of the molecule is CCOC(=O)C1(NCCN(C)C)CCN(C)C(C)C1. The van der Waals surface area contributed by atoms with Gasteiger partial charge in [0, 0.05) is 25.7 Å². The second-order valence-electron chi connectivity index (χ2n) is 5.82. The minimum absolute atomic E-state index is 0.0892. The molecular weight excluding hydrogens is 242 g/mol. The van der Waals surface area contributed by atoms with Crippen molar-refractivity contribution in [3.8, 4) is 0 Å². The van der Waals surface area contributed by atoms with E-state index in [1.165, 1.54) is 0 Å². The lowest BCUT2D eigenvalue weighted by Crippen LogP contribution is -2.61. The minimum atomic E-state index is -0.502. The molecule has 0 radical (unpaired) electrons. The number of esters is 1. The monoisotopic (exact) mass is 271 g/mol. The maximum Gasteiger partial charge on any atom is 0.326 e. The Morgan fingerprint density at radius 1 is 1.53 bits per heavy atom. The minimum Gasteiger partial charge on any atom is -0.465 e.